The summed E-state index contributed by atoms with van der Waals surface area (Å²) in [4.78, 5) is 11.9. The molecule has 0 saturated carbocycles. The number of ether oxygens (including phenoxy) is 1. The average Bonchev–Trinajstić information content (AvgIpc) is 2.38. The number of ketones is 1. The maximum absolute atomic E-state index is 11.9. The summed E-state index contributed by atoms with van der Waals surface area (Å²) in [6, 6.07) is 12.4. The van der Waals surface area contributed by atoms with Crippen molar-refractivity contribution in [3.05, 3.63) is 63.6 Å². The summed E-state index contributed by atoms with van der Waals surface area (Å²) in [5.41, 5.74) is 1.71. The van der Waals surface area contributed by atoms with E-state index in [1.165, 1.54) is 0 Å². The Balaban J connectivity index is 2.06. The van der Waals surface area contributed by atoms with Gasteiger partial charge >= 0.3 is 0 Å². The lowest BCUT2D eigenvalue weighted by atomic mass is 10.1. The number of para-hydroxylation sites is 1. The van der Waals surface area contributed by atoms with E-state index in [-0.39, 0.29) is 12.4 Å². The summed E-state index contributed by atoms with van der Waals surface area (Å²) < 4.78 is 5.40. The van der Waals surface area contributed by atoms with Gasteiger partial charge in [-0.1, -0.05) is 59.1 Å². The van der Waals surface area contributed by atoms with Crippen LogP contribution in [0.15, 0.2) is 42.5 Å². The van der Waals surface area contributed by atoms with Gasteiger partial charge in [-0.2, -0.15) is 0 Å². The fourth-order valence-corrected chi connectivity index (χ4v) is 2.09. The van der Waals surface area contributed by atoms with Crippen LogP contribution in [0.1, 0.15) is 15.9 Å². The highest BCUT2D eigenvalue weighted by Gasteiger charge is 2.10. The molecule has 4 heteroatoms. The van der Waals surface area contributed by atoms with Gasteiger partial charge in [0.1, 0.15) is 0 Å². The molecule has 2 rings (SSSR count). The first-order valence-corrected chi connectivity index (χ1v) is 6.50. The number of benzene rings is 2. The normalized spacial score (nSPS) is 10.3. The van der Waals surface area contributed by atoms with Crippen molar-refractivity contribution in [2.75, 3.05) is 6.61 Å². The minimum atomic E-state index is -0.115. The van der Waals surface area contributed by atoms with Crippen LogP contribution < -0.4 is 4.74 Å². The zero-order valence-corrected chi connectivity index (χ0v) is 11.8. The Morgan fingerprint density at radius 2 is 1.63 bits per heavy atom. The largest absolute Gasteiger partial charge is 0.482 e. The molecule has 0 bridgehead atoms. The van der Waals surface area contributed by atoms with Crippen molar-refractivity contribution in [2.45, 2.75) is 6.92 Å². The first-order chi connectivity index (χ1) is 9.08. The summed E-state index contributed by atoms with van der Waals surface area (Å²) in [6.45, 7) is 1.88. The van der Waals surface area contributed by atoms with E-state index >= 15 is 0 Å². The molecule has 0 unspecified atom stereocenters. The first-order valence-electron chi connectivity index (χ1n) is 5.74. The van der Waals surface area contributed by atoms with Gasteiger partial charge in [0.05, 0.1) is 10.0 Å². The van der Waals surface area contributed by atoms with Crippen LogP contribution in [0.5, 0.6) is 5.75 Å². The molecule has 2 nitrogen and oxygen atoms in total. The van der Waals surface area contributed by atoms with Crippen LogP contribution in [-0.4, -0.2) is 12.4 Å². The molecule has 2 aromatic rings. The zero-order chi connectivity index (χ0) is 13.8. The number of hydrogen-bond acceptors (Lipinski definition) is 2. The summed E-state index contributed by atoms with van der Waals surface area (Å²) in [5.74, 6) is 0.224. The summed E-state index contributed by atoms with van der Waals surface area (Å²) in [5, 5.41) is 0.786. The summed E-state index contributed by atoms with van der Waals surface area (Å²) in [6.07, 6.45) is 0. The third-order valence-electron chi connectivity index (χ3n) is 2.64. The van der Waals surface area contributed by atoms with Gasteiger partial charge in [0, 0.05) is 5.56 Å². The number of carbonyl (C=O) groups excluding carboxylic acids is 1. The lowest BCUT2D eigenvalue weighted by molar-refractivity contribution is 0.0922. The molecule has 0 spiro atoms. The van der Waals surface area contributed by atoms with Crippen molar-refractivity contribution in [1.29, 1.82) is 0 Å². The van der Waals surface area contributed by atoms with Crippen molar-refractivity contribution >= 4 is 29.0 Å². The van der Waals surface area contributed by atoms with Crippen LogP contribution in [0.2, 0.25) is 10.0 Å². The Kier molecular flexibility index (Phi) is 4.46. The number of carbonyl (C=O) groups is 1. The highest BCUT2D eigenvalue weighted by atomic mass is 35.5. The Hall–Kier alpha value is -1.51. The molecule has 2 aromatic carbocycles. The predicted octanol–water partition coefficient (Wildman–Crippen LogP) is 4.56. The van der Waals surface area contributed by atoms with E-state index in [4.69, 9.17) is 27.9 Å². The first kappa shape index (κ1) is 13.9. The Morgan fingerprint density at radius 3 is 2.21 bits per heavy atom. The zero-order valence-electron chi connectivity index (χ0n) is 10.3. The Bertz CT molecular complexity index is 571. The van der Waals surface area contributed by atoms with E-state index in [0.29, 0.717) is 21.4 Å². The molecule has 0 N–H and O–H groups in total. The SMILES string of the molecule is Cc1ccc(C(=O)COc2c(Cl)cccc2Cl)cc1. The third kappa shape index (κ3) is 3.49. The quantitative estimate of drug-likeness (QED) is 0.773. The molecule has 19 heavy (non-hydrogen) atoms. The van der Waals surface area contributed by atoms with E-state index < -0.39 is 0 Å². The molecule has 0 amide bonds. The molecular formula is C15H12Cl2O2. The molecule has 98 valence electrons. The fourth-order valence-electron chi connectivity index (χ4n) is 1.58. The smallest absolute Gasteiger partial charge is 0.200 e. The van der Waals surface area contributed by atoms with Gasteiger partial charge in [-0.15, -0.1) is 0 Å². The highest BCUT2D eigenvalue weighted by molar-refractivity contribution is 6.37. The van der Waals surface area contributed by atoms with Gasteiger partial charge in [0.25, 0.3) is 0 Å². The van der Waals surface area contributed by atoms with Gasteiger partial charge in [0.15, 0.2) is 18.1 Å². The van der Waals surface area contributed by atoms with Crippen molar-refractivity contribution in [3.63, 3.8) is 0 Å². The third-order valence-corrected chi connectivity index (χ3v) is 3.24. The maximum atomic E-state index is 11.9. The van der Waals surface area contributed by atoms with E-state index in [9.17, 15) is 4.79 Å². The van der Waals surface area contributed by atoms with E-state index in [1.54, 1.807) is 30.3 Å². The van der Waals surface area contributed by atoms with Crippen LogP contribution in [0, 0.1) is 6.92 Å². The number of halogens is 2. The molecular weight excluding hydrogens is 283 g/mol. The number of hydrogen-bond donors (Lipinski definition) is 0. The number of Topliss-reactive ketones (excluding diaryl/α,β-unsaturated/α-hetero) is 1. The van der Waals surface area contributed by atoms with E-state index in [2.05, 4.69) is 0 Å². The van der Waals surface area contributed by atoms with Gasteiger partial charge in [-0.3, -0.25) is 4.79 Å². The molecule has 0 heterocycles. The van der Waals surface area contributed by atoms with Crippen molar-refractivity contribution in [2.24, 2.45) is 0 Å². The molecule has 0 atom stereocenters. The second-order valence-electron chi connectivity index (χ2n) is 4.13. The minimum Gasteiger partial charge on any atom is -0.482 e. The monoisotopic (exact) mass is 294 g/mol. The van der Waals surface area contributed by atoms with Crippen LogP contribution >= 0.6 is 23.2 Å². The second-order valence-corrected chi connectivity index (χ2v) is 4.94. The highest BCUT2D eigenvalue weighted by Crippen LogP contribution is 2.32. The lowest BCUT2D eigenvalue weighted by Gasteiger charge is -2.09. The lowest BCUT2D eigenvalue weighted by Crippen LogP contribution is -2.11. The molecule has 0 aliphatic carbocycles. The minimum absolute atomic E-state index is 0.0908. The van der Waals surface area contributed by atoms with Crippen LogP contribution in [0.3, 0.4) is 0 Å². The van der Waals surface area contributed by atoms with Crippen LogP contribution in [-0.2, 0) is 0 Å². The van der Waals surface area contributed by atoms with Crippen molar-refractivity contribution in [3.8, 4) is 5.75 Å². The van der Waals surface area contributed by atoms with Gasteiger partial charge in [-0.05, 0) is 19.1 Å². The van der Waals surface area contributed by atoms with Crippen LogP contribution in [0.25, 0.3) is 0 Å². The van der Waals surface area contributed by atoms with Gasteiger partial charge in [-0.25, -0.2) is 0 Å². The summed E-state index contributed by atoms with van der Waals surface area (Å²) in [7, 11) is 0. The van der Waals surface area contributed by atoms with Crippen molar-refractivity contribution < 1.29 is 9.53 Å². The Labute approximate surface area is 121 Å². The molecule has 0 radical (unpaired) electrons. The van der Waals surface area contributed by atoms with E-state index in [0.717, 1.165) is 5.56 Å². The van der Waals surface area contributed by atoms with Crippen LogP contribution in [0.4, 0.5) is 0 Å². The number of rotatable bonds is 4. The topological polar surface area (TPSA) is 26.3 Å². The molecule has 0 saturated heterocycles. The fraction of sp³-hybridized carbons (Fsp3) is 0.133. The molecule has 0 fully saturated rings. The van der Waals surface area contributed by atoms with Gasteiger partial charge < -0.3 is 4.74 Å². The Morgan fingerprint density at radius 1 is 1.05 bits per heavy atom. The predicted molar refractivity (Wildman–Crippen MR) is 77.5 cm³/mol. The van der Waals surface area contributed by atoms with Crippen molar-refractivity contribution in [1.82, 2.24) is 0 Å². The average molecular weight is 295 g/mol. The van der Waals surface area contributed by atoms with Gasteiger partial charge in [0.2, 0.25) is 0 Å². The number of aryl methyl sites for hydroxylation is 1. The second kappa shape index (κ2) is 6.09. The maximum Gasteiger partial charge on any atom is 0.200 e. The molecule has 0 aliphatic rings. The standard InChI is InChI=1S/C15H12Cl2O2/c1-10-5-7-11(8-6-10)14(18)9-19-15-12(16)3-2-4-13(15)17/h2-8H,9H2,1H3. The molecule has 0 aliphatic heterocycles. The molecule has 0 aromatic heterocycles. The summed E-state index contributed by atoms with van der Waals surface area (Å²) >= 11 is 11.9. The van der Waals surface area contributed by atoms with E-state index in [1.807, 2.05) is 19.1 Å².